The number of ether oxygens (including phenoxy) is 2. The summed E-state index contributed by atoms with van der Waals surface area (Å²) in [4.78, 5) is 33.7. The van der Waals surface area contributed by atoms with Gasteiger partial charge in [-0.1, -0.05) is 23.7 Å². The molecule has 3 amide bonds. The van der Waals surface area contributed by atoms with Crippen LogP contribution < -0.4 is 14.8 Å². The Morgan fingerprint density at radius 1 is 1.21 bits per heavy atom. The number of hydrogen-bond donors (Lipinski definition) is 1. The van der Waals surface area contributed by atoms with Crippen molar-refractivity contribution in [1.82, 2.24) is 15.1 Å². The second kappa shape index (κ2) is 9.70. The minimum absolute atomic E-state index is 0.00785. The molecule has 1 fully saturated rings. The van der Waals surface area contributed by atoms with Crippen molar-refractivity contribution in [3.63, 3.8) is 0 Å². The van der Waals surface area contributed by atoms with Gasteiger partial charge in [-0.2, -0.15) is 0 Å². The standard InChI is InChI=1S/C24H27ClN4O4/c1-15(2)33-21-12-18(32-3)8-9-19(21)23-27-13-20(16-4-6-17(25)7-5-16)29(23)24(31)28-11-10-26-22(30)14-28/h4-9,12,15,20H,10-11,13-14H2,1-3H3,(H,26,30)/t20-/m0/s1. The van der Waals surface area contributed by atoms with Gasteiger partial charge in [-0.15, -0.1) is 0 Å². The van der Waals surface area contributed by atoms with E-state index in [1.54, 1.807) is 35.1 Å². The molecule has 0 radical (unpaired) electrons. The van der Waals surface area contributed by atoms with Crippen LogP contribution in [0.15, 0.2) is 47.5 Å². The molecule has 174 valence electrons. The summed E-state index contributed by atoms with van der Waals surface area (Å²) in [5.74, 6) is 1.55. The van der Waals surface area contributed by atoms with Gasteiger partial charge < -0.3 is 19.7 Å². The predicted molar refractivity (Wildman–Crippen MR) is 126 cm³/mol. The number of amidine groups is 1. The maximum absolute atomic E-state index is 13.7. The van der Waals surface area contributed by atoms with E-state index in [1.807, 2.05) is 38.1 Å². The molecule has 2 aliphatic heterocycles. The largest absolute Gasteiger partial charge is 0.497 e. The minimum Gasteiger partial charge on any atom is -0.497 e. The normalized spacial score (nSPS) is 18.3. The van der Waals surface area contributed by atoms with E-state index >= 15 is 0 Å². The molecule has 0 aliphatic carbocycles. The van der Waals surface area contributed by atoms with E-state index in [1.165, 1.54) is 0 Å². The van der Waals surface area contributed by atoms with Crippen LogP contribution >= 0.6 is 11.6 Å². The molecule has 2 aromatic rings. The molecule has 0 spiro atoms. The molecule has 1 N–H and O–H groups in total. The van der Waals surface area contributed by atoms with Crippen LogP contribution in [0.3, 0.4) is 0 Å². The van der Waals surface area contributed by atoms with E-state index in [0.29, 0.717) is 47.6 Å². The third-order valence-electron chi connectivity index (χ3n) is 5.52. The van der Waals surface area contributed by atoms with Gasteiger partial charge in [0.15, 0.2) is 0 Å². The highest BCUT2D eigenvalue weighted by Crippen LogP contribution is 2.35. The number of urea groups is 1. The Balaban J connectivity index is 1.75. The molecule has 0 unspecified atom stereocenters. The van der Waals surface area contributed by atoms with Gasteiger partial charge in [-0.05, 0) is 43.7 Å². The maximum atomic E-state index is 13.7. The summed E-state index contributed by atoms with van der Waals surface area (Å²) in [6, 6.07) is 12.3. The second-order valence-corrected chi connectivity index (χ2v) is 8.62. The van der Waals surface area contributed by atoms with Crippen molar-refractivity contribution in [2.75, 3.05) is 33.3 Å². The molecule has 2 aromatic carbocycles. The molecular formula is C24H27ClN4O4. The highest BCUT2D eigenvalue weighted by Gasteiger charge is 2.39. The van der Waals surface area contributed by atoms with Crippen LogP contribution in [-0.4, -0.2) is 67.0 Å². The Morgan fingerprint density at radius 3 is 2.64 bits per heavy atom. The smallest absolute Gasteiger partial charge is 0.326 e. The Kier molecular flexibility index (Phi) is 6.74. The topological polar surface area (TPSA) is 83.5 Å². The van der Waals surface area contributed by atoms with Gasteiger partial charge >= 0.3 is 6.03 Å². The lowest BCUT2D eigenvalue weighted by Crippen LogP contribution is -2.55. The van der Waals surface area contributed by atoms with E-state index in [9.17, 15) is 9.59 Å². The Hall–Kier alpha value is -3.26. The van der Waals surface area contributed by atoms with Crippen molar-refractivity contribution < 1.29 is 19.1 Å². The first-order valence-corrected chi connectivity index (χ1v) is 11.2. The average Bonchev–Trinajstić information content (AvgIpc) is 3.23. The zero-order valence-electron chi connectivity index (χ0n) is 18.9. The Bertz CT molecular complexity index is 1070. The molecule has 2 heterocycles. The quantitative estimate of drug-likeness (QED) is 0.725. The highest BCUT2D eigenvalue weighted by atomic mass is 35.5. The molecule has 9 heteroatoms. The minimum atomic E-state index is -0.330. The van der Waals surface area contributed by atoms with Crippen molar-refractivity contribution in [1.29, 1.82) is 0 Å². The van der Waals surface area contributed by atoms with Crippen LogP contribution in [0.2, 0.25) is 5.02 Å². The number of piperazine rings is 1. The van der Waals surface area contributed by atoms with Crippen LogP contribution in [-0.2, 0) is 4.79 Å². The first-order chi connectivity index (χ1) is 15.9. The Labute approximate surface area is 198 Å². The lowest BCUT2D eigenvalue weighted by Gasteiger charge is -2.34. The fraction of sp³-hybridized carbons (Fsp3) is 0.375. The molecule has 0 aromatic heterocycles. The number of amides is 3. The molecule has 8 nitrogen and oxygen atoms in total. The SMILES string of the molecule is COc1ccc(C2=NC[C@@H](c3ccc(Cl)cc3)N2C(=O)N2CCNC(=O)C2)c(OC(C)C)c1. The third kappa shape index (κ3) is 4.90. The highest BCUT2D eigenvalue weighted by molar-refractivity contribution is 6.30. The van der Waals surface area contributed by atoms with Crippen LogP contribution in [0.1, 0.15) is 31.0 Å². The zero-order chi connectivity index (χ0) is 23.5. The van der Waals surface area contributed by atoms with Crippen LogP contribution in [0, 0.1) is 0 Å². The lowest BCUT2D eigenvalue weighted by molar-refractivity contribution is -0.123. The first-order valence-electron chi connectivity index (χ1n) is 10.9. The first kappa shape index (κ1) is 22.9. The molecule has 33 heavy (non-hydrogen) atoms. The molecule has 1 saturated heterocycles. The summed E-state index contributed by atoms with van der Waals surface area (Å²) in [6.45, 7) is 5.11. The second-order valence-electron chi connectivity index (χ2n) is 8.18. The summed E-state index contributed by atoms with van der Waals surface area (Å²) >= 11 is 6.09. The predicted octanol–water partition coefficient (Wildman–Crippen LogP) is 3.49. The number of nitrogens with one attached hydrogen (secondary N) is 1. The lowest BCUT2D eigenvalue weighted by atomic mass is 10.1. The summed E-state index contributed by atoms with van der Waals surface area (Å²) in [5, 5.41) is 3.38. The molecule has 1 atom stereocenters. The summed E-state index contributed by atoms with van der Waals surface area (Å²) in [5.41, 5.74) is 1.60. The van der Waals surface area contributed by atoms with Gasteiger partial charge in [-0.25, -0.2) is 4.79 Å². The van der Waals surface area contributed by atoms with Crippen molar-refractivity contribution in [3.8, 4) is 11.5 Å². The van der Waals surface area contributed by atoms with Crippen molar-refractivity contribution in [2.45, 2.75) is 26.0 Å². The summed E-state index contributed by atoms with van der Waals surface area (Å²) < 4.78 is 11.4. The summed E-state index contributed by atoms with van der Waals surface area (Å²) in [7, 11) is 1.59. The monoisotopic (exact) mass is 470 g/mol. The van der Waals surface area contributed by atoms with Gasteiger partial charge in [0.05, 0.1) is 31.4 Å². The van der Waals surface area contributed by atoms with Crippen molar-refractivity contribution >= 4 is 29.4 Å². The summed E-state index contributed by atoms with van der Waals surface area (Å²) in [6.07, 6.45) is -0.0835. The number of halogens is 1. The zero-order valence-corrected chi connectivity index (χ0v) is 19.6. The number of methoxy groups -OCH3 is 1. The van der Waals surface area contributed by atoms with E-state index in [0.717, 1.165) is 5.56 Å². The van der Waals surface area contributed by atoms with Gasteiger partial charge in [0.2, 0.25) is 5.91 Å². The van der Waals surface area contributed by atoms with Crippen LogP contribution in [0.4, 0.5) is 4.79 Å². The van der Waals surface area contributed by atoms with Crippen molar-refractivity contribution in [2.24, 2.45) is 4.99 Å². The molecule has 0 saturated carbocycles. The van der Waals surface area contributed by atoms with Gasteiger partial charge in [0.25, 0.3) is 0 Å². The number of carbonyl (C=O) groups excluding carboxylic acids is 2. The fourth-order valence-electron chi connectivity index (χ4n) is 3.98. The van der Waals surface area contributed by atoms with Gasteiger partial charge in [0, 0.05) is 24.2 Å². The van der Waals surface area contributed by atoms with E-state index in [2.05, 4.69) is 5.32 Å². The number of nitrogens with zero attached hydrogens (tertiary/aromatic N) is 3. The van der Waals surface area contributed by atoms with Crippen LogP contribution in [0.5, 0.6) is 11.5 Å². The fourth-order valence-corrected chi connectivity index (χ4v) is 4.10. The molecule has 0 bridgehead atoms. The molecule has 2 aliphatic rings. The molecular weight excluding hydrogens is 444 g/mol. The number of carbonyl (C=O) groups is 2. The van der Waals surface area contributed by atoms with Crippen LogP contribution in [0.25, 0.3) is 0 Å². The third-order valence-corrected chi connectivity index (χ3v) is 5.77. The average molecular weight is 471 g/mol. The van der Waals surface area contributed by atoms with Gasteiger partial charge in [0.1, 0.15) is 23.9 Å². The number of benzene rings is 2. The van der Waals surface area contributed by atoms with Crippen molar-refractivity contribution in [3.05, 3.63) is 58.6 Å². The number of hydrogen-bond acceptors (Lipinski definition) is 5. The number of aliphatic imine (C=N–C) groups is 1. The Morgan fingerprint density at radius 2 is 1.97 bits per heavy atom. The van der Waals surface area contributed by atoms with E-state index in [4.69, 9.17) is 26.1 Å². The molecule has 4 rings (SSSR count). The van der Waals surface area contributed by atoms with E-state index < -0.39 is 0 Å². The number of rotatable bonds is 5. The maximum Gasteiger partial charge on any atom is 0.326 e. The van der Waals surface area contributed by atoms with Gasteiger partial charge in [-0.3, -0.25) is 14.7 Å². The van der Waals surface area contributed by atoms with E-state index in [-0.39, 0.29) is 30.6 Å².